The van der Waals surface area contributed by atoms with Crippen LogP contribution in [0.25, 0.3) is 5.76 Å². The first-order chi connectivity index (χ1) is 16.5. The summed E-state index contributed by atoms with van der Waals surface area (Å²) >= 11 is 0. The Morgan fingerprint density at radius 3 is 1.97 bits per heavy atom. The van der Waals surface area contributed by atoms with Crippen LogP contribution >= 0.6 is 0 Å². The zero-order valence-corrected chi connectivity index (χ0v) is 20.1. The van der Waals surface area contributed by atoms with Crippen LogP contribution in [-0.2, 0) is 14.3 Å². The minimum absolute atomic E-state index is 0.0758. The SMILES string of the molecule is CCCOc1ccc(/C(O)=C2\C(=O)C(=O)N(CCCOC)C2c2ccc(OCCC)cc2)cc1. The number of hydrogen-bond acceptors (Lipinski definition) is 6. The van der Waals surface area contributed by atoms with Crippen LogP contribution in [0.15, 0.2) is 54.1 Å². The predicted octanol–water partition coefficient (Wildman–Crippen LogP) is 4.72. The van der Waals surface area contributed by atoms with E-state index in [4.69, 9.17) is 14.2 Å². The average Bonchev–Trinajstić information content (AvgIpc) is 3.11. The summed E-state index contributed by atoms with van der Waals surface area (Å²) in [5.41, 5.74) is 1.25. The monoisotopic (exact) mass is 467 g/mol. The summed E-state index contributed by atoms with van der Waals surface area (Å²) < 4.78 is 16.4. The fourth-order valence-electron chi connectivity index (χ4n) is 3.89. The molecule has 34 heavy (non-hydrogen) atoms. The van der Waals surface area contributed by atoms with E-state index in [1.54, 1.807) is 31.4 Å². The van der Waals surface area contributed by atoms with Crippen LogP contribution in [0, 0.1) is 0 Å². The fraction of sp³-hybridized carbons (Fsp3) is 0.407. The largest absolute Gasteiger partial charge is 0.507 e. The van der Waals surface area contributed by atoms with Gasteiger partial charge in [-0.15, -0.1) is 0 Å². The van der Waals surface area contributed by atoms with Crippen LogP contribution in [0.3, 0.4) is 0 Å². The third-order valence-electron chi connectivity index (χ3n) is 5.56. The van der Waals surface area contributed by atoms with E-state index >= 15 is 0 Å². The molecular weight excluding hydrogens is 434 g/mol. The number of aliphatic hydroxyl groups excluding tert-OH is 1. The molecule has 7 heteroatoms. The molecule has 0 radical (unpaired) electrons. The van der Waals surface area contributed by atoms with Crippen molar-refractivity contribution in [2.24, 2.45) is 0 Å². The van der Waals surface area contributed by atoms with E-state index in [9.17, 15) is 14.7 Å². The van der Waals surface area contributed by atoms with Gasteiger partial charge in [-0.1, -0.05) is 26.0 Å². The topological polar surface area (TPSA) is 85.3 Å². The number of amides is 1. The number of methoxy groups -OCH3 is 1. The number of benzene rings is 2. The second kappa shape index (κ2) is 12.2. The van der Waals surface area contributed by atoms with Crippen molar-refractivity contribution in [3.8, 4) is 11.5 Å². The lowest BCUT2D eigenvalue weighted by Crippen LogP contribution is -2.31. The molecule has 1 N–H and O–H groups in total. The summed E-state index contributed by atoms with van der Waals surface area (Å²) in [4.78, 5) is 27.5. The van der Waals surface area contributed by atoms with Crippen LogP contribution in [0.5, 0.6) is 11.5 Å². The van der Waals surface area contributed by atoms with Crippen LogP contribution < -0.4 is 9.47 Å². The fourth-order valence-corrected chi connectivity index (χ4v) is 3.89. The van der Waals surface area contributed by atoms with Gasteiger partial charge in [-0.3, -0.25) is 9.59 Å². The van der Waals surface area contributed by atoms with Crippen LogP contribution in [0.1, 0.15) is 50.3 Å². The van der Waals surface area contributed by atoms with Gasteiger partial charge in [0.1, 0.15) is 17.3 Å². The van der Waals surface area contributed by atoms with Crippen molar-refractivity contribution >= 4 is 17.4 Å². The van der Waals surface area contributed by atoms with Gasteiger partial charge in [-0.25, -0.2) is 0 Å². The van der Waals surface area contributed by atoms with E-state index in [0.717, 1.165) is 18.4 Å². The molecule has 1 heterocycles. The Balaban J connectivity index is 1.99. The van der Waals surface area contributed by atoms with Gasteiger partial charge in [0.2, 0.25) is 0 Å². The lowest BCUT2D eigenvalue weighted by Gasteiger charge is -2.25. The van der Waals surface area contributed by atoms with Gasteiger partial charge < -0.3 is 24.2 Å². The lowest BCUT2D eigenvalue weighted by molar-refractivity contribution is -0.140. The Kier molecular flexibility index (Phi) is 9.10. The van der Waals surface area contributed by atoms with Gasteiger partial charge >= 0.3 is 0 Å². The normalized spacial score (nSPS) is 17.3. The van der Waals surface area contributed by atoms with E-state index in [0.29, 0.717) is 49.8 Å². The molecule has 1 amide bonds. The molecule has 182 valence electrons. The van der Waals surface area contributed by atoms with Crippen LogP contribution in [-0.4, -0.2) is 55.2 Å². The molecule has 0 aliphatic carbocycles. The molecule has 1 aliphatic rings. The van der Waals surface area contributed by atoms with Crippen LogP contribution in [0.4, 0.5) is 0 Å². The molecule has 2 aromatic carbocycles. The molecule has 3 rings (SSSR count). The van der Waals surface area contributed by atoms with E-state index in [1.807, 2.05) is 38.1 Å². The summed E-state index contributed by atoms with van der Waals surface area (Å²) in [6.07, 6.45) is 2.35. The Bertz CT molecular complexity index is 997. The quantitative estimate of drug-likeness (QED) is 0.210. The number of carbonyl (C=O) groups is 2. The van der Waals surface area contributed by atoms with Crippen molar-refractivity contribution in [1.82, 2.24) is 4.90 Å². The first-order valence-corrected chi connectivity index (χ1v) is 11.7. The van der Waals surface area contributed by atoms with E-state index in [-0.39, 0.29) is 11.3 Å². The number of Topliss-reactive ketones (excluding diaryl/α,β-unsaturated/α-hetero) is 1. The molecule has 1 aliphatic heterocycles. The van der Waals surface area contributed by atoms with E-state index in [1.165, 1.54) is 4.90 Å². The maximum atomic E-state index is 13.1. The van der Waals surface area contributed by atoms with E-state index in [2.05, 4.69) is 0 Å². The maximum absolute atomic E-state index is 13.1. The Labute approximate surface area is 200 Å². The van der Waals surface area contributed by atoms with Crippen molar-refractivity contribution in [3.05, 3.63) is 65.2 Å². The smallest absolute Gasteiger partial charge is 0.295 e. The highest BCUT2D eigenvalue weighted by molar-refractivity contribution is 6.46. The van der Waals surface area contributed by atoms with Crippen molar-refractivity contribution in [3.63, 3.8) is 0 Å². The molecule has 0 bridgehead atoms. The number of hydrogen-bond donors (Lipinski definition) is 1. The molecule has 1 fully saturated rings. The first kappa shape index (κ1) is 25.3. The summed E-state index contributed by atoms with van der Waals surface area (Å²) in [6, 6.07) is 13.5. The molecule has 1 saturated heterocycles. The Morgan fingerprint density at radius 1 is 0.882 bits per heavy atom. The standard InChI is InChI=1S/C27H33NO6/c1-4-16-33-21-11-7-19(8-12-21)24-23(26(30)27(31)28(24)15-6-18-32-3)25(29)20-9-13-22(14-10-20)34-17-5-2/h7-14,24,29H,4-6,15-18H2,1-3H3/b25-23+. The third-order valence-corrected chi connectivity index (χ3v) is 5.56. The van der Waals surface area contributed by atoms with Crippen LogP contribution in [0.2, 0.25) is 0 Å². The van der Waals surface area contributed by atoms with Gasteiger partial charge in [0.25, 0.3) is 11.7 Å². The van der Waals surface area contributed by atoms with Crippen molar-refractivity contribution < 1.29 is 28.9 Å². The summed E-state index contributed by atoms with van der Waals surface area (Å²) in [7, 11) is 1.59. The number of likely N-dealkylation sites (tertiary alicyclic amines) is 1. The second-order valence-corrected chi connectivity index (χ2v) is 8.13. The predicted molar refractivity (Wildman–Crippen MR) is 130 cm³/mol. The number of ether oxygens (including phenoxy) is 3. The number of rotatable bonds is 12. The van der Waals surface area contributed by atoms with Gasteiger partial charge in [-0.05, 0) is 61.2 Å². The minimum atomic E-state index is -0.701. The minimum Gasteiger partial charge on any atom is -0.507 e. The van der Waals surface area contributed by atoms with Gasteiger partial charge in [0.15, 0.2) is 0 Å². The summed E-state index contributed by atoms with van der Waals surface area (Å²) in [6.45, 7) is 6.04. The van der Waals surface area contributed by atoms with Gasteiger partial charge in [0.05, 0.1) is 24.8 Å². The molecule has 0 aromatic heterocycles. The highest BCUT2D eigenvalue weighted by Gasteiger charge is 2.45. The van der Waals surface area contributed by atoms with Gasteiger partial charge in [0, 0.05) is 25.8 Å². The highest BCUT2D eigenvalue weighted by Crippen LogP contribution is 2.40. The second-order valence-electron chi connectivity index (χ2n) is 8.13. The maximum Gasteiger partial charge on any atom is 0.295 e. The van der Waals surface area contributed by atoms with Gasteiger partial charge in [-0.2, -0.15) is 0 Å². The number of ketones is 1. The molecule has 0 saturated carbocycles. The van der Waals surface area contributed by atoms with E-state index < -0.39 is 17.7 Å². The summed E-state index contributed by atoms with van der Waals surface area (Å²) in [5, 5.41) is 11.2. The van der Waals surface area contributed by atoms with Crippen molar-refractivity contribution in [2.75, 3.05) is 33.5 Å². The van der Waals surface area contributed by atoms with Crippen molar-refractivity contribution in [2.45, 2.75) is 39.2 Å². The number of nitrogens with zero attached hydrogens (tertiary/aromatic N) is 1. The molecule has 1 unspecified atom stereocenters. The molecule has 1 atom stereocenters. The average molecular weight is 468 g/mol. The Hall–Kier alpha value is -3.32. The lowest BCUT2D eigenvalue weighted by atomic mass is 9.95. The molecular formula is C27H33NO6. The zero-order chi connectivity index (χ0) is 24.5. The Morgan fingerprint density at radius 2 is 1.44 bits per heavy atom. The molecule has 2 aromatic rings. The number of aliphatic hydroxyl groups is 1. The highest BCUT2D eigenvalue weighted by atomic mass is 16.5. The van der Waals surface area contributed by atoms with Crippen molar-refractivity contribution in [1.29, 1.82) is 0 Å². The first-order valence-electron chi connectivity index (χ1n) is 11.7. The third kappa shape index (κ3) is 5.78. The zero-order valence-electron chi connectivity index (χ0n) is 20.1. The number of carbonyl (C=O) groups excluding carboxylic acids is 2. The molecule has 0 spiro atoms. The summed E-state index contributed by atoms with van der Waals surface area (Å²) in [5.74, 6) is -0.137. The molecule has 7 nitrogen and oxygen atoms in total.